The minimum Gasteiger partial charge on any atom is -0.398 e. The monoisotopic (exact) mass is 158 g/mol. The van der Waals surface area contributed by atoms with E-state index in [9.17, 15) is 0 Å². The first-order valence-corrected chi connectivity index (χ1v) is 3.89. The third kappa shape index (κ3) is 0.925. The van der Waals surface area contributed by atoms with Crippen LogP contribution in [0.5, 0.6) is 0 Å². The van der Waals surface area contributed by atoms with Crippen LogP contribution in [-0.4, -0.2) is 4.98 Å². The van der Waals surface area contributed by atoms with E-state index in [2.05, 4.69) is 4.98 Å². The van der Waals surface area contributed by atoms with Crippen LogP contribution in [0.3, 0.4) is 0 Å². The number of nitrogen functional groups attached to an aromatic ring is 1. The summed E-state index contributed by atoms with van der Waals surface area (Å²) in [6.45, 7) is 1.97. The quantitative estimate of drug-likeness (QED) is 0.596. The zero-order valence-corrected chi connectivity index (χ0v) is 6.91. The van der Waals surface area contributed by atoms with E-state index in [1.807, 2.05) is 31.2 Å². The van der Waals surface area contributed by atoms with Crippen LogP contribution in [0.1, 0.15) is 5.69 Å². The van der Waals surface area contributed by atoms with Crippen molar-refractivity contribution in [2.45, 2.75) is 6.92 Å². The number of anilines is 1. The maximum Gasteiger partial charge on any atom is 0.0471 e. The highest BCUT2D eigenvalue weighted by Gasteiger charge is 1.99. The molecule has 0 saturated heterocycles. The smallest absolute Gasteiger partial charge is 0.0471 e. The van der Waals surface area contributed by atoms with Gasteiger partial charge in [0.15, 0.2) is 0 Å². The Morgan fingerprint density at radius 2 is 2.08 bits per heavy atom. The van der Waals surface area contributed by atoms with Gasteiger partial charge < -0.3 is 5.73 Å². The van der Waals surface area contributed by atoms with Crippen LogP contribution in [0.4, 0.5) is 5.69 Å². The van der Waals surface area contributed by atoms with E-state index in [4.69, 9.17) is 5.73 Å². The summed E-state index contributed by atoms with van der Waals surface area (Å²) in [6, 6.07) is 7.87. The fraction of sp³-hybridized carbons (Fsp3) is 0.100. The molecule has 0 unspecified atom stereocenters. The number of pyridine rings is 1. The van der Waals surface area contributed by atoms with Crippen LogP contribution < -0.4 is 5.73 Å². The number of aromatic nitrogens is 1. The largest absolute Gasteiger partial charge is 0.398 e. The molecule has 0 atom stereocenters. The lowest BCUT2D eigenvalue weighted by Gasteiger charge is -2.02. The Morgan fingerprint density at radius 3 is 2.83 bits per heavy atom. The first kappa shape index (κ1) is 7.10. The Bertz CT molecular complexity index is 384. The van der Waals surface area contributed by atoms with Crippen molar-refractivity contribution in [2.24, 2.45) is 0 Å². The second-order valence-corrected chi connectivity index (χ2v) is 2.84. The zero-order valence-electron chi connectivity index (χ0n) is 6.91. The van der Waals surface area contributed by atoms with Gasteiger partial charge in [-0.15, -0.1) is 0 Å². The molecule has 2 heteroatoms. The second kappa shape index (κ2) is 2.48. The molecule has 0 aliphatic heterocycles. The lowest BCUT2D eigenvalue weighted by Crippen LogP contribution is -1.90. The van der Waals surface area contributed by atoms with E-state index < -0.39 is 0 Å². The highest BCUT2D eigenvalue weighted by atomic mass is 14.7. The fourth-order valence-electron chi connectivity index (χ4n) is 1.44. The van der Waals surface area contributed by atoms with Crippen LogP contribution in [-0.2, 0) is 0 Å². The average molecular weight is 158 g/mol. The van der Waals surface area contributed by atoms with Crippen molar-refractivity contribution in [1.29, 1.82) is 0 Å². The van der Waals surface area contributed by atoms with Crippen molar-refractivity contribution in [1.82, 2.24) is 4.98 Å². The summed E-state index contributed by atoms with van der Waals surface area (Å²) in [5.41, 5.74) is 7.61. The van der Waals surface area contributed by atoms with Crippen LogP contribution in [0.25, 0.3) is 10.8 Å². The molecule has 2 aromatic rings. The van der Waals surface area contributed by atoms with Crippen LogP contribution in [0, 0.1) is 6.92 Å². The highest BCUT2D eigenvalue weighted by molar-refractivity contribution is 5.94. The molecule has 2 rings (SSSR count). The normalized spacial score (nSPS) is 10.4. The Balaban J connectivity index is 2.96. The molecule has 1 heterocycles. The molecule has 60 valence electrons. The number of nitrogens with zero attached hydrogens (tertiary/aromatic N) is 1. The van der Waals surface area contributed by atoms with E-state index >= 15 is 0 Å². The predicted molar refractivity (Wildman–Crippen MR) is 50.9 cm³/mol. The third-order valence-electron chi connectivity index (χ3n) is 2.01. The molecule has 2 nitrogen and oxygen atoms in total. The van der Waals surface area contributed by atoms with Gasteiger partial charge in [0.25, 0.3) is 0 Å². The van der Waals surface area contributed by atoms with Gasteiger partial charge in [0, 0.05) is 23.0 Å². The first-order chi connectivity index (χ1) is 5.79. The number of fused-ring (bicyclic) bond motifs is 1. The van der Waals surface area contributed by atoms with Gasteiger partial charge in [0.2, 0.25) is 0 Å². The van der Waals surface area contributed by atoms with E-state index in [1.165, 1.54) is 0 Å². The molecule has 2 N–H and O–H groups in total. The summed E-state index contributed by atoms with van der Waals surface area (Å²) >= 11 is 0. The van der Waals surface area contributed by atoms with Gasteiger partial charge in [0.1, 0.15) is 0 Å². The van der Waals surface area contributed by atoms with Crippen molar-refractivity contribution in [3.8, 4) is 0 Å². The molecule has 0 aliphatic carbocycles. The van der Waals surface area contributed by atoms with Crippen molar-refractivity contribution in [2.75, 3.05) is 5.73 Å². The molecular formula is C10H10N2. The number of nitrogens with two attached hydrogens (primary N) is 1. The van der Waals surface area contributed by atoms with E-state index in [1.54, 1.807) is 6.20 Å². The molecule has 0 aliphatic rings. The molecule has 1 aromatic heterocycles. The topological polar surface area (TPSA) is 38.9 Å². The number of benzene rings is 1. The van der Waals surface area contributed by atoms with Gasteiger partial charge in [-0.05, 0) is 24.4 Å². The molecule has 0 saturated carbocycles. The summed E-state index contributed by atoms with van der Waals surface area (Å²) in [5, 5.41) is 2.22. The average Bonchev–Trinajstić information content (AvgIpc) is 2.04. The number of rotatable bonds is 0. The standard InChI is InChI=1S/C10H10N2/c1-7-10-8(5-6-12-7)3-2-4-9(10)11/h2-6H,11H2,1H3. The number of hydrogen-bond donors (Lipinski definition) is 1. The van der Waals surface area contributed by atoms with Crippen LogP contribution in [0.15, 0.2) is 30.5 Å². The van der Waals surface area contributed by atoms with Gasteiger partial charge in [-0.1, -0.05) is 12.1 Å². The fourth-order valence-corrected chi connectivity index (χ4v) is 1.44. The van der Waals surface area contributed by atoms with Crippen molar-refractivity contribution in [3.63, 3.8) is 0 Å². The Morgan fingerprint density at radius 1 is 1.25 bits per heavy atom. The van der Waals surface area contributed by atoms with Crippen LogP contribution in [0.2, 0.25) is 0 Å². The first-order valence-electron chi connectivity index (χ1n) is 3.89. The lowest BCUT2D eigenvalue weighted by atomic mass is 10.1. The maximum absolute atomic E-state index is 5.82. The summed E-state index contributed by atoms with van der Waals surface area (Å²) in [7, 11) is 0. The maximum atomic E-state index is 5.82. The molecule has 0 amide bonds. The van der Waals surface area contributed by atoms with Gasteiger partial charge in [-0.2, -0.15) is 0 Å². The summed E-state index contributed by atoms with van der Waals surface area (Å²) in [6.07, 6.45) is 1.80. The van der Waals surface area contributed by atoms with E-state index in [-0.39, 0.29) is 0 Å². The summed E-state index contributed by atoms with van der Waals surface area (Å²) in [5.74, 6) is 0. The Kier molecular flexibility index (Phi) is 1.47. The van der Waals surface area contributed by atoms with Crippen LogP contribution >= 0.6 is 0 Å². The third-order valence-corrected chi connectivity index (χ3v) is 2.01. The molecule has 12 heavy (non-hydrogen) atoms. The number of aryl methyl sites for hydroxylation is 1. The molecule has 0 radical (unpaired) electrons. The van der Waals surface area contributed by atoms with Crippen molar-refractivity contribution < 1.29 is 0 Å². The Hall–Kier alpha value is -1.57. The molecule has 0 fully saturated rings. The minimum absolute atomic E-state index is 0.804. The summed E-state index contributed by atoms with van der Waals surface area (Å²) < 4.78 is 0. The predicted octanol–water partition coefficient (Wildman–Crippen LogP) is 2.13. The highest BCUT2D eigenvalue weighted by Crippen LogP contribution is 2.22. The van der Waals surface area contributed by atoms with E-state index in [0.717, 1.165) is 22.2 Å². The summed E-state index contributed by atoms with van der Waals surface area (Å²) in [4.78, 5) is 4.19. The SMILES string of the molecule is Cc1nccc2cccc(N)c12. The molecule has 1 aromatic carbocycles. The number of hydrogen-bond acceptors (Lipinski definition) is 2. The molecule has 0 bridgehead atoms. The van der Waals surface area contributed by atoms with Gasteiger partial charge in [-0.3, -0.25) is 4.98 Å². The van der Waals surface area contributed by atoms with E-state index in [0.29, 0.717) is 0 Å². The lowest BCUT2D eigenvalue weighted by molar-refractivity contribution is 1.24. The van der Waals surface area contributed by atoms with Gasteiger partial charge in [0.05, 0.1) is 0 Å². The van der Waals surface area contributed by atoms with Crippen molar-refractivity contribution in [3.05, 3.63) is 36.2 Å². The second-order valence-electron chi connectivity index (χ2n) is 2.84. The zero-order chi connectivity index (χ0) is 8.55. The van der Waals surface area contributed by atoms with Gasteiger partial charge in [-0.25, -0.2) is 0 Å². The van der Waals surface area contributed by atoms with Gasteiger partial charge >= 0.3 is 0 Å². The Labute approximate surface area is 71.0 Å². The minimum atomic E-state index is 0.804. The van der Waals surface area contributed by atoms with Crippen molar-refractivity contribution >= 4 is 16.5 Å². The molecule has 0 spiro atoms. The molecular weight excluding hydrogens is 148 g/mol.